The molecule has 0 saturated heterocycles. The zero-order chi connectivity index (χ0) is 20.8. The van der Waals surface area contributed by atoms with Gasteiger partial charge in [0.15, 0.2) is 0 Å². The van der Waals surface area contributed by atoms with E-state index in [-0.39, 0.29) is 11.3 Å². The van der Waals surface area contributed by atoms with E-state index in [9.17, 15) is 14.7 Å². The average molecular weight is 392 g/mol. The van der Waals surface area contributed by atoms with Gasteiger partial charge in [0.2, 0.25) is 5.91 Å². The maximum atomic E-state index is 12.2. The number of aromatic carboxylic acids is 1. The molecule has 3 rings (SSSR count). The van der Waals surface area contributed by atoms with Gasteiger partial charge in [-0.15, -0.1) is 0 Å². The van der Waals surface area contributed by atoms with Crippen LogP contribution in [-0.4, -0.2) is 49.1 Å². The summed E-state index contributed by atoms with van der Waals surface area (Å²) in [5, 5.41) is 11.8. The predicted molar refractivity (Wildman–Crippen MR) is 114 cm³/mol. The lowest BCUT2D eigenvalue weighted by atomic mass is 9.97. The standard InChI is InChI=1S/C23H24N2O4/c1-25-13-11-17(12-14-25)18-9-7-16(15-21(18)29-2)8-10-22(26)24-20-6-4-3-5-19(20)23(27)28/h3-11,15H,12-14H2,1-2H3,(H,24,26)(H,27,28)/b10-8+. The molecule has 0 fully saturated rings. The van der Waals surface area contributed by atoms with Crippen molar-refractivity contribution >= 4 is 29.2 Å². The van der Waals surface area contributed by atoms with Crippen LogP contribution in [0, 0.1) is 0 Å². The van der Waals surface area contributed by atoms with Crippen molar-refractivity contribution in [3.63, 3.8) is 0 Å². The molecule has 2 aromatic carbocycles. The molecule has 29 heavy (non-hydrogen) atoms. The average Bonchev–Trinajstić information content (AvgIpc) is 2.73. The second-order valence-corrected chi connectivity index (χ2v) is 6.87. The molecule has 6 nitrogen and oxygen atoms in total. The van der Waals surface area contributed by atoms with Gasteiger partial charge in [-0.05, 0) is 48.9 Å². The van der Waals surface area contributed by atoms with Gasteiger partial charge in [-0.3, -0.25) is 4.79 Å². The van der Waals surface area contributed by atoms with Crippen LogP contribution in [0.25, 0.3) is 11.6 Å². The van der Waals surface area contributed by atoms with E-state index in [4.69, 9.17) is 4.74 Å². The molecule has 1 amide bonds. The summed E-state index contributed by atoms with van der Waals surface area (Å²) in [5.74, 6) is -0.729. The van der Waals surface area contributed by atoms with Crippen molar-refractivity contribution in [2.45, 2.75) is 6.42 Å². The van der Waals surface area contributed by atoms with Gasteiger partial charge in [0.1, 0.15) is 5.75 Å². The third-order valence-electron chi connectivity index (χ3n) is 4.83. The molecule has 0 atom stereocenters. The van der Waals surface area contributed by atoms with Gasteiger partial charge in [-0.25, -0.2) is 4.79 Å². The fraction of sp³-hybridized carbons (Fsp3) is 0.217. The molecular formula is C23H24N2O4. The zero-order valence-corrected chi connectivity index (χ0v) is 16.5. The van der Waals surface area contributed by atoms with Crippen molar-refractivity contribution in [3.05, 3.63) is 71.3 Å². The van der Waals surface area contributed by atoms with E-state index >= 15 is 0 Å². The number of hydrogen-bond donors (Lipinski definition) is 2. The summed E-state index contributed by atoms with van der Waals surface area (Å²) in [4.78, 5) is 25.7. The fourth-order valence-electron chi connectivity index (χ4n) is 3.22. The summed E-state index contributed by atoms with van der Waals surface area (Å²) in [6.45, 7) is 1.92. The number of likely N-dealkylation sites (N-methyl/N-ethyl adjacent to an activating group) is 1. The Morgan fingerprint density at radius 1 is 1.21 bits per heavy atom. The van der Waals surface area contributed by atoms with E-state index in [1.807, 2.05) is 18.2 Å². The highest BCUT2D eigenvalue weighted by Gasteiger charge is 2.14. The van der Waals surface area contributed by atoms with Gasteiger partial charge in [0.25, 0.3) is 0 Å². The third kappa shape index (κ3) is 5.12. The summed E-state index contributed by atoms with van der Waals surface area (Å²) >= 11 is 0. The number of nitrogens with zero attached hydrogens (tertiary/aromatic N) is 1. The summed E-state index contributed by atoms with van der Waals surface area (Å²) < 4.78 is 5.56. The Morgan fingerprint density at radius 3 is 2.69 bits per heavy atom. The number of para-hydroxylation sites is 1. The summed E-state index contributed by atoms with van der Waals surface area (Å²) in [7, 11) is 3.73. The van der Waals surface area contributed by atoms with E-state index in [0.29, 0.717) is 0 Å². The number of amides is 1. The Bertz CT molecular complexity index is 979. The monoisotopic (exact) mass is 392 g/mol. The van der Waals surface area contributed by atoms with Gasteiger partial charge < -0.3 is 20.1 Å². The van der Waals surface area contributed by atoms with Crippen molar-refractivity contribution in [3.8, 4) is 5.75 Å². The first-order chi connectivity index (χ1) is 14.0. The van der Waals surface area contributed by atoms with Gasteiger partial charge in [-0.1, -0.05) is 30.3 Å². The molecule has 0 radical (unpaired) electrons. The number of hydrogen-bond acceptors (Lipinski definition) is 4. The molecule has 0 aliphatic carbocycles. The first-order valence-corrected chi connectivity index (χ1v) is 9.35. The maximum Gasteiger partial charge on any atom is 0.337 e. The topological polar surface area (TPSA) is 78.9 Å². The number of carboxylic acid groups (broad SMARTS) is 1. The number of carboxylic acids is 1. The molecule has 150 valence electrons. The maximum absolute atomic E-state index is 12.2. The number of nitrogens with one attached hydrogen (secondary N) is 1. The number of rotatable bonds is 6. The molecule has 0 unspecified atom stereocenters. The highest BCUT2D eigenvalue weighted by molar-refractivity contribution is 6.06. The number of carbonyl (C=O) groups excluding carboxylic acids is 1. The van der Waals surface area contributed by atoms with Crippen LogP contribution in [0.3, 0.4) is 0 Å². The molecule has 0 bridgehead atoms. The first-order valence-electron chi connectivity index (χ1n) is 9.35. The fourth-order valence-corrected chi connectivity index (χ4v) is 3.22. The lowest BCUT2D eigenvalue weighted by Crippen LogP contribution is -2.23. The van der Waals surface area contributed by atoms with Gasteiger partial charge in [0.05, 0.1) is 18.4 Å². The molecule has 1 heterocycles. The summed E-state index contributed by atoms with van der Waals surface area (Å²) in [6, 6.07) is 12.1. The second kappa shape index (κ2) is 9.21. The van der Waals surface area contributed by atoms with Crippen molar-refractivity contribution in [1.82, 2.24) is 4.90 Å². The van der Waals surface area contributed by atoms with Crippen molar-refractivity contribution < 1.29 is 19.4 Å². The van der Waals surface area contributed by atoms with Crippen molar-refractivity contribution in [1.29, 1.82) is 0 Å². The first kappa shape index (κ1) is 20.4. The van der Waals surface area contributed by atoms with Crippen LogP contribution in [-0.2, 0) is 4.79 Å². The van der Waals surface area contributed by atoms with E-state index in [0.717, 1.165) is 36.4 Å². The Hall–Kier alpha value is -3.38. The molecule has 0 saturated carbocycles. The molecule has 2 aromatic rings. The van der Waals surface area contributed by atoms with Crippen LogP contribution in [0.1, 0.15) is 27.9 Å². The minimum absolute atomic E-state index is 0.0478. The van der Waals surface area contributed by atoms with Gasteiger partial charge in [-0.2, -0.15) is 0 Å². The van der Waals surface area contributed by atoms with Crippen LogP contribution >= 0.6 is 0 Å². The number of methoxy groups -OCH3 is 1. The quantitative estimate of drug-likeness (QED) is 0.732. The van der Waals surface area contributed by atoms with Crippen LogP contribution in [0.5, 0.6) is 5.75 Å². The lowest BCUT2D eigenvalue weighted by Gasteiger charge is -2.23. The van der Waals surface area contributed by atoms with Crippen molar-refractivity contribution in [2.24, 2.45) is 0 Å². The molecule has 1 aliphatic rings. The summed E-state index contributed by atoms with van der Waals surface area (Å²) in [5.41, 5.74) is 3.46. The summed E-state index contributed by atoms with van der Waals surface area (Å²) in [6.07, 6.45) is 6.23. The third-order valence-corrected chi connectivity index (χ3v) is 4.83. The second-order valence-electron chi connectivity index (χ2n) is 6.87. The predicted octanol–water partition coefficient (Wildman–Crippen LogP) is 3.76. The minimum atomic E-state index is -1.09. The number of ether oxygens (including phenoxy) is 1. The van der Waals surface area contributed by atoms with Crippen LogP contribution in [0.2, 0.25) is 0 Å². The molecule has 1 aliphatic heterocycles. The van der Waals surface area contributed by atoms with E-state index in [1.165, 1.54) is 17.7 Å². The molecular weight excluding hydrogens is 368 g/mol. The lowest BCUT2D eigenvalue weighted by molar-refractivity contribution is -0.111. The van der Waals surface area contributed by atoms with E-state index in [1.54, 1.807) is 31.4 Å². The normalized spacial score (nSPS) is 14.5. The van der Waals surface area contributed by atoms with E-state index in [2.05, 4.69) is 23.3 Å². The van der Waals surface area contributed by atoms with Gasteiger partial charge >= 0.3 is 5.97 Å². The van der Waals surface area contributed by atoms with E-state index < -0.39 is 11.9 Å². The molecule has 0 spiro atoms. The zero-order valence-electron chi connectivity index (χ0n) is 16.5. The van der Waals surface area contributed by atoms with Crippen LogP contribution < -0.4 is 10.1 Å². The Labute approximate surface area is 170 Å². The van der Waals surface area contributed by atoms with Crippen LogP contribution in [0.15, 0.2) is 54.6 Å². The number of carbonyl (C=O) groups is 2. The number of anilines is 1. The smallest absolute Gasteiger partial charge is 0.337 e. The largest absolute Gasteiger partial charge is 0.496 e. The van der Waals surface area contributed by atoms with Crippen molar-refractivity contribution in [2.75, 3.05) is 32.6 Å². The Morgan fingerprint density at radius 2 is 2.00 bits per heavy atom. The Balaban J connectivity index is 1.74. The molecule has 0 aromatic heterocycles. The highest BCUT2D eigenvalue weighted by atomic mass is 16.5. The highest BCUT2D eigenvalue weighted by Crippen LogP contribution is 2.31. The molecule has 6 heteroatoms. The van der Waals surface area contributed by atoms with Gasteiger partial charge in [0, 0.05) is 24.7 Å². The Kier molecular flexibility index (Phi) is 6.46. The SMILES string of the molecule is COc1cc(/C=C/C(=O)Nc2ccccc2C(=O)O)ccc1C1=CCN(C)CC1. The molecule has 2 N–H and O–H groups in total. The number of benzene rings is 2. The minimum Gasteiger partial charge on any atom is -0.496 e. The van der Waals surface area contributed by atoms with Crippen LogP contribution in [0.4, 0.5) is 5.69 Å².